The Kier molecular flexibility index (Phi) is 7.15. The van der Waals surface area contributed by atoms with Crippen molar-refractivity contribution in [1.82, 2.24) is 4.90 Å². The number of hydrogen-bond acceptors (Lipinski definition) is 4. The van der Waals surface area contributed by atoms with Gasteiger partial charge < -0.3 is 9.64 Å². The van der Waals surface area contributed by atoms with Gasteiger partial charge in [0.1, 0.15) is 18.1 Å². The van der Waals surface area contributed by atoms with Crippen LogP contribution in [0.5, 0.6) is 5.75 Å². The van der Waals surface area contributed by atoms with Crippen LogP contribution in [0.15, 0.2) is 77.7 Å². The van der Waals surface area contributed by atoms with E-state index in [1.165, 1.54) is 41.3 Å². The van der Waals surface area contributed by atoms with Gasteiger partial charge in [-0.2, -0.15) is 0 Å². The molecular formula is C24H25FN2O4S. The number of carbonyl (C=O) groups is 1. The number of nitrogens with zero attached hydrogens (tertiary/aromatic N) is 2. The molecule has 0 aliphatic heterocycles. The van der Waals surface area contributed by atoms with Crippen molar-refractivity contribution >= 4 is 21.6 Å². The molecule has 3 aromatic rings. The molecule has 0 saturated heterocycles. The van der Waals surface area contributed by atoms with E-state index in [9.17, 15) is 17.6 Å². The summed E-state index contributed by atoms with van der Waals surface area (Å²) < 4.78 is 47.2. The first-order valence-electron chi connectivity index (χ1n) is 9.93. The third-order valence-corrected chi connectivity index (χ3v) is 6.79. The summed E-state index contributed by atoms with van der Waals surface area (Å²) in [6.45, 7) is 1.56. The molecule has 6 nitrogen and oxygen atoms in total. The quantitative estimate of drug-likeness (QED) is 0.514. The number of ether oxygens (including phenoxy) is 1. The first-order valence-corrected chi connectivity index (χ1v) is 11.4. The smallest absolute Gasteiger partial charge is 0.264 e. The average Bonchev–Trinajstić information content (AvgIpc) is 2.78. The molecule has 168 valence electrons. The standard InChI is InChI=1S/C24H25FN2O4S/c1-18-8-14-21(15-9-18)32(29,30)27(23-7-5-4-6-22(23)25)17-24(28)26(2)16-19-10-12-20(31-3)13-11-19/h4-15H,16-17H2,1-3H3. The van der Waals surface area contributed by atoms with Gasteiger partial charge in [0, 0.05) is 13.6 Å². The van der Waals surface area contributed by atoms with Crippen LogP contribution in [0.1, 0.15) is 11.1 Å². The average molecular weight is 457 g/mol. The summed E-state index contributed by atoms with van der Waals surface area (Å²) in [6.07, 6.45) is 0. The monoisotopic (exact) mass is 456 g/mol. The molecule has 0 bridgehead atoms. The maximum atomic E-state index is 14.6. The maximum Gasteiger partial charge on any atom is 0.264 e. The lowest BCUT2D eigenvalue weighted by Gasteiger charge is -2.27. The van der Waals surface area contributed by atoms with Crippen molar-refractivity contribution in [2.45, 2.75) is 18.4 Å². The molecule has 0 spiro atoms. The van der Waals surface area contributed by atoms with E-state index in [0.29, 0.717) is 5.75 Å². The minimum atomic E-state index is -4.17. The Balaban J connectivity index is 1.89. The van der Waals surface area contributed by atoms with Gasteiger partial charge in [-0.3, -0.25) is 9.10 Å². The molecule has 0 aromatic heterocycles. The molecule has 0 N–H and O–H groups in total. The lowest BCUT2D eigenvalue weighted by Crippen LogP contribution is -2.41. The largest absolute Gasteiger partial charge is 0.497 e. The third kappa shape index (κ3) is 5.26. The van der Waals surface area contributed by atoms with Crippen LogP contribution in [0, 0.1) is 12.7 Å². The van der Waals surface area contributed by atoms with Crippen molar-refractivity contribution in [3.63, 3.8) is 0 Å². The maximum absolute atomic E-state index is 14.6. The van der Waals surface area contributed by atoms with E-state index < -0.39 is 28.3 Å². The first-order chi connectivity index (χ1) is 15.2. The third-order valence-electron chi connectivity index (χ3n) is 5.01. The predicted octanol–water partition coefficient (Wildman–Crippen LogP) is 4.00. The number of benzene rings is 3. The number of para-hydroxylation sites is 1. The molecule has 0 saturated carbocycles. The Morgan fingerprint density at radius 3 is 2.19 bits per heavy atom. The second-order valence-corrected chi connectivity index (χ2v) is 9.24. The van der Waals surface area contributed by atoms with Crippen molar-refractivity contribution in [2.24, 2.45) is 0 Å². The number of hydrogen-bond donors (Lipinski definition) is 0. The molecule has 0 unspecified atom stereocenters. The number of rotatable bonds is 8. The Hall–Kier alpha value is -3.39. The van der Waals surface area contributed by atoms with Crippen molar-refractivity contribution in [3.8, 4) is 5.75 Å². The molecule has 3 aromatic carbocycles. The molecule has 0 aliphatic carbocycles. The highest BCUT2D eigenvalue weighted by molar-refractivity contribution is 7.92. The molecule has 1 amide bonds. The number of carbonyl (C=O) groups excluding carboxylic acids is 1. The van der Waals surface area contributed by atoms with Crippen LogP contribution < -0.4 is 9.04 Å². The van der Waals surface area contributed by atoms with Gasteiger partial charge in [0.05, 0.1) is 17.7 Å². The minimum absolute atomic E-state index is 0.0167. The van der Waals surface area contributed by atoms with Gasteiger partial charge in [0.15, 0.2) is 0 Å². The van der Waals surface area contributed by atoms with E-state index in [4.69, 9.17) is 4.74 Å². The van der Waals surface area contributed by atoms with E-state index in [1.54, 1.807) is 38.4 Å². The molecule has 0 aliphatic rings. The number of likely N-dealkylation sites (N-methyl/N-ethyl adjacent to an activating group) is 1. The molecule has 3 rings (SSSR count). The van der Waals surface area contributed by atoms with Gasteiger partial charge in [-0.15, -0.1) is 0 Å². The second-order valence-electron chi connectivity index (χ2n) is 7.37. The molecule has 0 radical (unpaired) electrons. The lowest BCUT2D eigenvalue weighted by atomic mass is 10.2. The Labute approximate surface area is 187 Å². The first kappa shape index (κ1) is 23.3. The fraction of sp³-hybridized carbons (Fsp3) is 0.208. The zero-order chi connectivity index (χ0) is 23.3. The molecule has 8 heteroatoms. The summed E-state index contributed by atoms with van der Waals surface area (Å²) in [7, 11) is -1.03. The number of anilines is 1. The molecule has 0 fully saturated rings. The predicted molar refractivity (Wildman–Crippen MR) is 122 cm³/mol. The summed E-state index contributed by atoms with van der Waals surface area (Å²) in [5.74, 6) is -0.508. The van der Waals surface area contributed by atoms with Crippen LogP contribution in [0.2, 0.25) is 0 Å². The summed E-state index contributed by atoms with van der Waals surface area (Å²) in [4.78, 5) is 14.4. The van der Waals surface area contributed by atoms with E-state index >= 15 is 0 Å². The summed E-state index contributed by atoms with van der Waals surface area (Å²) in [5.41, 5.74) is 1.55. The highest BCUT2D eigenvalue weighted by Crippen LogP contribution is 2.26. The summed E-state index contributed by atoms with van der Waals surface area (Å²) in [5, 5.41) is 0. The lowest BCUT2D eigenvalue weighted by molar-refractivity contribution is -0.128. The van der Waals surface area contributed by atoms with Crippen LogP contribution in [0.4, 0.5) is 10.1 Å². The Morgan fingerprint density at radius 2 is 1.59 bits per heavy atom. The van der Waals surface area contributed by atoms with Gasteiger partial charge in [-0.25, -0.2) is 12.8 Å². The van der Waals surface area contributed by atoms with Crippen LogP contribution >= 0.6 is 0 Å². The van der Waals surface area contributed by atoms with Crippen LogP contribution in [0.3, 0.4) is 0 Å². The van der Waals surface area contributed by atoms with Gasteiger partial charge in [-0.1, -0.05) is 42.0 Å². The zero-order valence-electron chi connectivity index (χ0n) is 18.2. The Morgan fingerprint density at radius 1 is 0.969 bits per heavy atom. The van der Waals surface area contributed by atoms with E-state index in [0.717, 1.165) is 15.4 Å². The van der Waals surface area contributed by atoms with Gasteiger partial charge >= 0.3 is 0 Å². The van der Waals surface area contributed by atoms with Crippen molar-refractivity contribution in [3.05, 3.63) is 89.7 Å². The fourth-order valence-electron chi connectivity index (χ4n) is 3.13. The van der Waals surface area contributed by atoms with Crippen LogP contribution in [0.25, 0.3) is 0 Å². The second kappa shape index (κ2) is 9.82. The fourth-order valence-corrected chi connectivity index (χ4v) is 4.55. The number of halogens is 1. The van der Waals surface area contributed by atoms with Crippen LogP contribution in [-0.4, -0.2) is 39.9 Å². The number of methoxy groups -OCH3 is 1. The van der Waals surface area contributed by atoms with E-state index in [1.807, 2.05) is 19.1 Å². The number of sulfonamides is 1. The van der Waals surface area contributed by atoms with E-state index in [-0.39, 0.29) is 17.1 Å². The van der Waals surface area contributed by atoms with Gasteiger partial charge in [-0.05, 0) is 48.9 Å². The molecular weight excluding hydrogens is 431 g/mol. The normalized spacial score (nSPS) is 11.1. The SMILES string of the molecule is COc1ccc(CN(C)C(=O)CN(c2ccccc2F)S(=O)(=O)c2ccc(C)cc2)cc1. The highest BCUT2D eigenvalue weighted by Gasteiger charge is 2.30. The van der Waals surface area contributed by atoms with Crippen molar-refractivity contribution < 1.29 is 22.3 Å². The number of amides is 1. The van der Waals surface area contributed by atoms with E-state index in [2.05, 4.69) is 0 Å². The molecule has 32 heavy (non-hydrogen) atoms. The Bertz CT molecular complexity index is 1180. The molecule has 0 heterocycles. The summed E-state index contributed by atoms with van der Waals surface area (Å²) in [6, 6.07) is 18.9. The number of aryl methyl sites for hydroxylation is 1. The van der Waals surface area contributed by atoms with Gasteiger partial charge in [0.2, 0.25) is 5.91 Å². The highest BCUT2D eigenvalue weighted by atomic mass is 32.2. The van der Waals surface area contributed by atoms with Crippen molar-refractivity contribution in [2.75, 3.05) is 25.0 Å². The van der Waals surface area contributed by atoms with Gasteiger partial charge in [0.25, 0.3) is 10.0 Å². The molecule has 0 atom stereocenters. The topological polar surface area (TPSA) is 66.9 Å². The summed E-state index contributed by atoms with van der Waals surface area (Å²) >= 11 is 0. The van der Waals surface area contributed by atoms with Crippen LogP contribution in [-0.2, 0) is 21.4 Å². The van der Waals surface area contributed by atoms with Crippen molar-refractivity contribution in [1.29, 1.82) is 0 Å². The zero-order valence-corrected chi connectivity index (χ0v) is 19.0. The minimum Gasteiger partial charge on any atom is -0.497 e.